The summed E-state index contributed by atoms with van der Waals surface area (Å²) in [6, 6.07) is 14.0. The molecule has 0 aromatic heterocycles. The summed E-state index contributed by atoms with van der Waals surface area (Å²) in [7, 11) is -2.13. The third-order valence-electron chi connectivity index (χ3n) is 3.69. The van der Waals surface area contributed by atoms with Gasteiger partial charge in [-0.25, -0.2) is 0 Å². The predicted octanol–water partition coefficient (Wildman–Crippen LogP) is 5.99. The van der Waals surface area contributed by atoms with Gasteiger partial charge in [0.15, 0.2) is 0 Å². The van der Waals surface area contributed by atoms with Crippen LogP contribution in [0.3, 0.4) is 0 Å². The van der Waals surface area contributed by atoms with Crippen LogP contribution in [0.2, 0.25) is 0 Å². The average molecular weight is 519 g/mol. The second kappa shape index (κ2) is 21.2. The van der Waals surface area contributed by atoms with E-state index in [9.17, 15) is 4.57 Å². The van der Waals surface area contributed by atoms with Crippen molar-refractivity contribution < 1.29 is 24.0 Å². The first-order chi connectivity index (χ1) is 15.7. The van der Waals surface area contributed by atoms with Crippen molar-refractivity contribution in [1.82, 2.24) is 5.20 Å². The van der Waals surface area contributed by atoms with Gasteiger partial charge in [0.05, 0.1) is 20.5 Å². The molecule has 0 radical (unpaired) electrons. The number of unbranched alkanes of at least 4 members (excludes halogenated alkanes) is 1. The van der Waals surface area contributed by atoms with Crippen molar-refractivity contribution in [2.24, 2.45) is 5.10 Å². The van der Waals surface area contributed by atoms with E-state index >= 15 is 0 Å². The Kier molecular flexibility index (Phi) is 21.8. The van der Waals surface area contributed by atoms with E-state index in [4.69, 9.17) is 19.4 Å². The zero-order valence-electron chi connectivity index (χ0n) is 20.6. The summed E-state index contributed by atoms with van der Waals surface area (Å²) in [5, 5.41) is 16.7. The van der Waals surface area contributed by atoms with Gasteiger partial charge in [-0.3, -0.25) is 9.76 Å². The molecule has 0 amide bonds. The fourth-order valence-corrected chi connectivity index (χ4v) is 3.86. The van der Waals surface area contributed by atoms with Crippen molar-refractivity contribution in [3.8, 4) is 5.75 Å². The Morgan fingerprint density at radius 3 is 1.94 bits per heavy atom. The number of hydrazone groups is 1. The molecule has 2 aromatic rings. The first-order valence-corrected chi connectivity index (χ1v) is 15.0. The number of nitrogens with zero attached hydrogens (tertiary/aromatic N) is 1. The normalized spacial score (nSPS) is 11.2. The predicted molar refractivity (Wildman–Crippen MR) is 147 cm³/mol. The summed E-state index contributed by atoms with van der Waals surface area (Å²) in [5.41, 5.74) is 1.59. The molecule has 0 saturated heterocycles. The Hall–Kier alpha value is -1.32. The Morgan fingerprint density at radius 2 is 1.55 bits per heavy atom. The number of rotatable bonds is 8. The lowest BCUT2D eigenvalue weighted by Gasteiger charge is -2.11. The Morgan fingerprint density at radius 1 is 1.03 bits per heavy atom. The molecule has 4 N–H and O–H groups in total. The maximum Gasteiger partial charge on any atom is 0.329 e. The number of phenolic OH excluding ortho intramolecular Hbond substituents is 1. The molecule has 2 rings (SSSR count). The highest BCUT2D eigenvalue weighted by molar-refractivity contribution is 7.60. The van der Waals surface area contributed by atoms with E-state index in [1.807, 2.05) is 32.9 Å². The quantitative estimate of drug-likeness (QED) is 0.194. The van der Waals surface area contributed by atoms with Crippen molar-refractivity contribution in [1.29, 1.82) is 0 Å². The second-order valence-corrected chi connectivity index (χ2v) is 10.1. The van der Waals surface area contributed by atoms with Crippen molar-refractivity contribution in [3.05, 3.63) is 59.7 Å². The van der Waals surface area contributed by atoms with Crippen LogP contribution in [-0.2, 0) is 15.3 Å². The first kappa shape index (κ1) is 33.9. The van der Waals surface area contributed by atoms with Gasteiger partial charge in [0.2, 0.25) is 0 Å². The molecule has 0 saturated carbocycles. The number of hydrogen-bond acceptors (Lipinski definition) is 5. The van der Waals surface area contributed by atoms with Crippen LogP contribution in [-0.4, -0.2) is 34.4 Å². The maximum atomic E-state index is 10.5. The number of phenols is 1. The molecule has 0 bridgehead atoms. The van der Waals surface area contributed by atoms with Gasteiger partial charge in [0, 0.05) is 11.9 Å². The van der Waals surface area contributed by atoms with Gasteiger partial charge in [-0.2, -0.15) is 5.10 Å². The zero-order chi connectivity index (χ0) is 25.7. The van der Waals surface area contributed by atoms with Gasteiger partial charge < -0.3 is 19.4 Å². The largest absolute Gasteiger partial charge is 0.508 e. The van der Waals surface area contributed by atoms with Crippen molar-refractivity contribution in [2.75, 3.05) is 13.3 Å². The summed E-state index contributed by atoms with van der Waals surface area (Å²) in [5.74, 6) is 0.0875. The molecule has 2 unspecified atom stereocenters. The number of aromatic hydroxyl groups is 1. The highest BCUT2D eigenvalue weighted by atomic mass is 31.2. The minimum atomic E-state index is -3.98. The van der Waals surface area contributed by atoms with Crippen LogP contribution in [0.4, 0.5) is 0 Å². The van der Waals surface area contributed by atoms with Crippen LogP contribution in [0, 0.1) is 0 Å². The van der Waals surface area contributed by atoms with E-state index < -0.39 is 15.7 Å². The van der Waals surface area contributed by atoms with E-state index in [0.29, 0.717) is 5.56 Å². The molecular weight excluding hydrogens is 477 g/mol. The molecule has 0 aliphatic heterocycles. The fourth-order valence-electron chi connectivity index (χ4n) is 1.99. The standard InChI is InChI=1S/C10H16N2OP2.C7H9O4P.C4H10.C2H6/c1-3-13-15(2)10-6-4-9(5-7-10)8-11-12-14;8-7-3-1-6(2-4-7)5-12(9,10)11;1-3-4-2;1-2/h4-8,12H,3,14H2,1-2H3;1-4,8H,5H2,(H2,9,10,11);3-4H2,1-2H3;1-2H3/b11-8+;;;. The second-order valence-electron chi connectivity index (χ2n) is 6.38. The van der Waals surface area contributed by atoms with Crippen LogP contribution < -0.4 is 10.5 Å². The third-order valence-corrected chi connectivity index (χ3v) is 6.29. The third kappa shape index (κ3) is 19.8. The average Bonchev–Trinajstić information content (AvgIpc) is 2.81. The summed E-state index contributed by atoms with van der Waals surface area (Å²) >= 11 is 0. The molecule has 0 aliphatic carbocycles. The molecular formula is C23H41N2O5P3. The number of hydrogen-bond donors (Lipinski definition) is 4. The van der Waals surface area contributed by atoms with Crippen LogP contribution in [0.5, 0.6) is 5.75 Å². The fraction of sp³-hybridized carbons (Fsp3) is 0.435. The van der Waals surface area contributed by atoms with Gasteiger partial charge >= 0.3 is 7.60 Å². The molecule has 10 heteroatoms. The van der Waals surface area contributed by atoms with E-state index in [1.165, 1.54) is 42.4 Å². The lowest BCUT2D eigenvalue weighted by atomic mass is 10.2. The van der Waals surface area contributed by atoms with E-state index in [1.54, 1.807) is 6.21 Å². The Balaban J connectivity index is 0. The Bertz CT molecular complexity index is 780. The smallest absolute Gasteiger partial charge is 0.329 e. The van der Waals surface area contributed by atoms with Gasteiger partial charge in [0.25, 0.3) is 0 Å². The highest BCUT2D eigenvalue weighted by Gasteiger charge is 2.13. The van der Waals surface area contributed by atoms with Gasteiger partial charge in [-0.1, -0.05) is 76.9 Å². The van der Waals surface area contributed by atoms with Crippen molar-refractivity contribution >= 4 is 36.7 Å². The topological polar surface area (TPSA) is 111 Å². The summed E-state index contributed by atoms with van der Waals surface area (Å²) in [6.45, 7) is 13.3. The monoisotopic (exact) mass is 518 g/mol. The highest BCUT2D eigenvalue weighted by Crippen LogP contribution is 2.39. The number of nitrogens with one attached hydrogen (secondary N) is 1. The minimum Gasteiger partial charge on any atom is -0.508 e. The molecule has 2 atom stereocenters. The molecule has 0 fully saturated rings. The molecule has 2 aromatic carbocycles. The lowest BCUT2D eigenvalue weighted by molar-refractivity contribution is 0.371. The van der Waals surface area contributed by atoms with E-state index in [0.717, 1.165) is 12.2 Å². The SMILES string of the molecule is CC.CCCC.CCOP(C)c1ccc(/C=N/NP)cc1.O=P(O)(O)Cc1ccc(O)cc1. The summed E-state index contributed by atoms with van der Waals surface area (Å²) in [6.07, 6.45) is 4.13. The summed E-state index contributed by atoms with van der Waals surface area (Å²) < 4.78 is 16.1. The molecule has 0 spiro atoms. The number of benzene rings is 2. The van der Waals surface area contributed by atoms with Crippen molar-refractivity contribution in [3.63, 3.8) is 0 Å². The first-order valence-electron chi connectivity index (χ1n) is 10.9. The van der Waals surface area contributed by atoms with E-state index in [-0.39, 0.29) is 11.9 Å². The maximum absolute atomic E-state index is 10.5. The van der Waals surface area contributed by atoms with Crippen LogP contribution in [0.15, 0.2) is 53.6 Å². The lowest BCUT2D eigenvalue weighted by Crippen LogP contribution is -2.02. The minimum absolute atomic E-state index is 0.0875. The van der Waals surface area contributed by atoms with Gasteiger partial charge in [0.1, 0.15) is 5.75 Å². The van der Waals surface area contributed by atoms with Crippen LogP contribution >= 0.6 is 25.1 Å². The van der Waals surface area contributed by atoms with Crippen molar-refractivity contribution in [2.45, 2.75) is 53.6 Å². The molecule has 7 nitrogen and oxygen atoms in total. The summed E-state index contributed by atoms with van der Waals surface area (Å²) in [4.78, 5) is 17.2. The molecule has 188 valence electrons. The van der Waals surface area contributed by atoms with Gasteiger partial charge in [-0.05, 0) is 46.2 Å². The zero-order valence-corrected chi connectivity index (χ0v) is 23.5. The Labute approximate surface area is 203 Å². The van der Waals surface area contributed by atoms with E-state index in [2.05, 4.69) is 52.3 Å². The van der Waals surface area contributed by atoms with Gasteiger partial charge in [-0.15, -0.1) is 0 Å². The molecule has 0 aliphatic rings. The molecule has 0 heterocycles. The van der Waals surface area contributed by atoms with Crippen LogP contribution in [0.1, 0.15) is 58.6 Å². The molecule has 33 heavy (non-hydrogen) atoms. The van der Waals surface area contributed by atoms with Crippen LogP contribution in [0.25, 0.3) is 0 Å².